The van der Waals surface area contributed by atoms with Crippen molar-refractivity contribution in [1.29, 1.82) is 0 Å². The summed E-state index contributed by atoms with van der Waals surface area (Å²) in [6.07, 6.45) is 3.78. The van der Waals surface area contributed by atoms with Crippen LogP contribution in [0.15, 0.2) is 120 Å². The summed E-state index contributed by atoms with van der Waals surface area (Å²) in [7, 11) is 0. The molecule has 0 amide bonds. The van der Waals surface area contributed by atoms with E-state index in [1.165, 1.54) is 42.0 Å². The smallest absolute Gasteiger partial charge is 0.0554 e. The molecule has 7 aromatic rings. The van der Waals surface area contributed by atoms with Crippen molar-refractivity contribution in [2.75, 3.05) is 4.90 Å². The van der Waals surface area contributed by atoms with Gasteiger partial charge in [-0.1, -0.05) is 64.5 Å². The van der Waals surface area contributed by atoms with E-state index in [2.05, 4.69) is 129 Å². The van der Waals surface area contributed by atoms with E-state index >= 15 is 0 Å². The van der Waals surface area contributed by atoms with E-state index in [-0.39, 0.29) is 0 Å². The molecule has 0 aliphatic heterocycles. The Morgan fingerprint density at radius 1 is 0.629 bits per heavy atom. The number of thiophene rings is 1. The van der Waals surface area contributed by atoms with Crippen LogP contribution in [0.1, 0.15) is 0 Å². The van der Waals surface area contributed by atoms with Crippen LogP contribution in [0.3, 0.4) is 0 Å². The Bertz CT molecular complexity index is 1870. The number of para-hydroxylation sites is 1. The number of aromatic nitrogens is 1. The number of hydrogen-bond donors (Lipinski definition) is 0. The van der Waals surface area contributed by atoms with Gasteiger partial charge < -0.3 is 4.90 Å². The van der Waals surface area contributed by atoms with Crippen LogP contribution in [0.5, 0.6) is 0 Å². The van der Waals surface area contributed by atoms with Crippen molar-refractivity contribution >= 4 is 86.0 Å². The van der Waals surface area contributed by atoms with Crippen molar-refractivity contribution in [2.45, 2.75) is 0 Å². The van der Waals surface area contributed by atoms with Gasteiger partial charge in [-0.05, 0) is 65.4 Å². The molecule has 0 spiro atoms. The molecule has 2 aromatic heterocycles. The van der Waals surface area contributed by atoms with E-state index in [0.29, 0.717) is 0 Å². The topological polar surface area (TPSA) is 16.1 Å². The standard InChI is InChI=1S/C31H19BrN2S/c32-22-11-13-29-27(17-22)31-26-9-5-4-8-25(26)28(18-30(31)35-29)34(23-6-2-1-3-7-23)24-12-10-20-14-15-33-19-21(20)16-24/h1-19H. The summed E-state index contributed by atoms with van der Waals surface area (Å²) in [5, 5.41) is 7.43. The number of hydrogen-bond acceptors (Lipinski definition) is 3. The first-order valence-corrected chi connectivity index (χ1v) is 13.1. The molecule has 7 rings (SSSR count). The second kappa shape index (κ2) is 8.19. The maximum atomic E-state index is 4.36. The fraction of sp³-hybridized carbons (Fsp3) is 0. The van der Waals surface area contributed by atoms with Gasteiger partial charge in [-0.15, -0.1) is 11.3 Å². The van der Waals surface area contributed by atoms with Crippen molar-refractivity contribution in [3.05, 3.63) is 120 Å². The third kappa shape index (κ3) is 3.41. The Morgan fingerprint density at radius 2 is 1.46 bits per heavy atom. The molecule has 0 bridgehead atoms. The second-order valence-electron chi connectivity index (χ2n) is 8.64. The molecule has 0 radical (unpaired) electrons. The monoisotopic (exact) mass is 530 g/mol. The molecule has 166 valence electrons. The summed E-state index contributed by atoms with van der Waals surface area (Å²) in [5.41, 5.74) is 3.42. The molecule has 0 saturated heterocycles. The van der Waals surface area contributed by atoms with Crippen molar-refractivity contribution in [3.8, 4) is 0 Å². The summed E-state index contributed by atoms with van der Waals surface area (Å²) >= 11 is 5.53. The number of nitrogens with zero attached hydrogens (tertiary/aromatic N) is 2. The van der Waals surface area contributed by atoms with E-state index in [4.69, 9.17) is 0 Å². The highest BCUT2D eigenvalue weighted by atomic mass is 79.9. The van der Waals surface area contributed by atoms with Crippen LogP contribution in [-0.4, -0.2) is 4.98 Å². The third-order valence-electron chi connectivity index (χ3n) is 6.56. The molecule has 0 fully saturated rings. The molecule has 35 heavy (non-hydrogen) atoms. The van der Waals surface area contributed by atoms with Gasteiger partial charge in [0.15, 0.2) is 0 Å². The zero-order valence-electron chi connectivity index (χ0n) is 18.7. The number of rotatable bonds is 3. The molecule has 0 aliphatic carbocycles. The minimum absolute atomic E-state index is 1.11. The molecule has 0 N–H and O–H groups in total. The molecule has 4 heteroatoms. The summed E-state index contributed by atoms with van der Waals surface area (Å²) < 4.78 is 3.69. The van der Waals surface area contributed by atoms with Crippen LogP contribution in [0.2, 0.25) is 0 Å². The lowest BCUT2D eigenvalue weighted by Crippen LogP contribution is -2.10. The number of benzene rings is 5. The first-order chi connectivity index (χ1) is 17.3. The quantitative estimate of drug-likeness (QED) is 0.226. The van der Waals surface area contributed by atoms with E-state index in [1.807, 2.05) is 23.7 Å². The van der Waals surface area contributed by atoms with Crippen molar-refractivity contribution in [2.24, 2.45) is 0 Å². The lowest BCUT2D eigenvalue weighted by molar-refractivity contribution is 1.30. The first-order valence-electron chi connectivity index (χ1n) is 11.5. The molecule has 0 aliphatic rings. The van der Waals surface area contributed by atoms with E-state index in [0.717, 1.165) is 21.2 Å². The van der Waals surface area contributed by atoms with Gasteiger partial charge >= 0.3 is 0 Å². The fourth-order valence-corrected chi connectivity index (χ4v) is 6.49. The summed E-state index contributed by atoms with van der Waals surface area (Å²) in [6.45, 7) is 0. The van der Waals surface area contributed by atoms with E-state index in [1.54, 1.807) is 0 Å². The molecule has 2 heterocycles. The second-order valence-corrected chi connectivity index (χ2v) is 10.6. The first kappa shape index (κ1) is 20.6. The third-order valence-corrected chi connectivity index (χ3v) is 8.17. The van der Waals surface area contributed by atoms with Crippen LogP contribution < -0.4 is 4.90 Å². The van der Waals surface area contributed by atoms with Gasteiger partial charge in [-0.25, -0.2) is 0 Å². The minimum Gasteiger partial charge on any atom is -0.310 e. The average molecular weight is 531 g/mol. The Morgan fingerprint density at radius 3 is 2.34 bits per heavy atom. The number of pyridine rings is 1. The molecule has 2 nitrogen and oxygen atoms in total. The highest BCUT2D eigenvalue weighted by molar-refractivity contribution is 9.10. The summed E-state index contributed by atoms with van der Waals surface area (Å²) in [5.74, 6) is 0. The molecule has 0 unspecified atom stereocenters. The molecular weight excluding hydrogens is 512 g/mol. The van der Waals surface area contributed by atoms with Crippen LogP contribution in [-0.2, 0) is 0 Å². The fourth-order valence-electron chi connectivity index (χ4n) is 5.00. The van der Waals surface area contributed by atoms with Crippen molar-refractivity contribution in [1.82, 2.24) is 4.98 Å². The highest BCUT2D eigenvalue weighted by Crippen LogP contribution is 2.46. The Balaban J connectivity index is 1.58. The number of fused-ring (bicyclic) bond motifs is 6. The lowest BCUT2D eigenvalue weighted by atomic mass is 10.0. The minimum atomic E-state index is 1.11. The normalized spacial score (nSPS) is 11.6. The zero-order chi connectivity index (χ0) is 23.4. The lowest BCUT2D eigenvalue weighted by Gasteiger charge is -2.27. The Hall–Kier alpha value is -3.73. The largest absolute Gasteiger partial charge is 0.310 e. The molecule has 5 aromatic carbocycles. The maximum Gasteiger partial charge on any atom is 0.0554 e. The summed E-state index contributed by atoms with van der Waals surface area (Å²) in [6, 6.07) is 37.0. The van der Waals surface area contributed by atoms with Crippen LogP contribution >= 0.6 is 27.3 Å². The van der Waals surface area contributed by atoms with Gasteiger partial charge in [-0.3, -0.25) is 4.98 Å². The van der Waals surface area contributed by atoms with Gasteiger partial charge in [0.2, 0.25) is 0 Å². The van der Waals surface area contributed by atoms with Crippen molar-refractivity contribution in [3.63, 3.8) is 0 Å². The van der Waals surface area contributed by atoms with Crippen molar-refractivity contribution < 1.29 is 0 Å². The Kier molecular flexibility index (Phi) is 4.83. The van der Waals surface area contributed by atoms with Gasteiger partial charge in [0.1, 0.15) is 0 Å². The van der Waals surface area contributed by atoms with Crippen LogP contribution in [0.4, 0.5) is 17.1 Å². The van der Waals surface area contributed by atoms with Gasteiger partial charge in [0.25, 0.3) is 0 Å². The SMILES string of the molecule is Brc1ccc2sc3cc(N(c4ccccc4)c4ccc5ccncc5c4)c4ccccc4c3c2c1. The van der Waals surface area contributed by atoms with E-state index in [9.17, 15) is 0 Å². The highest BCUT2D eigenvalue weighted by Gasteiger charge is 2.19. The van der Waals surface area contributed by atoms with Gasteiger partial charge in [0.05, 0.1) is 5.69 Å². The van der Waals surface area contributed by atoms with E-state index < -0.39 is 0 Å². The van der Waals surface area contributed by atoms with Crippen LogP contribution in [0.25, 0.3) is 41.7 Å². The molecule has 0 saturated carbocycles. The Labute approximate surface area is 215 Å². The van der Waals surface area contributed by atoms with Crippen LogP contribution in [0, 0.1) is 0 Å². The van der Waals surface area contributed by atoms with Gasteiger partial charge in [-0.2, -0.15) is 0 Å². The zero-order valence-corrected chi connectivity index (χ0v) is 21.1. The van der Waals surface area contributed by atoms with Gasteiger partial charge in [0, 0.05) is 59.2 Å². The average Bonchev–Trinajstić information content (AvgIpc) is 3.27. The molecular formula is C31H19BrN2S. The predicted octanol–water partition coefficient (Wildman–Crippen LogP) is 9.99. The molecule has 0 atom stereocenters. The number of anilines is 3. The summed E-state index contributed by atoms with van der Waals surface area (Å²) in [4.78, 5) is 6.73. The number of halogens is 1. The predicted molar refractivity (Wildman–Crippen MR) is 155 cm³/mol. The maximum absolute atomic E-state index is 4.36.